The van der Waals surface area contributed by atoms with Crippen molar-refractivity contribution in [3.05, 3.63) is 144 Å². The second-order valence-electron chi connectivity index (χ2n) is 22.7. The highest BCUT2D eigenvalue weighted by molar-refractivity contribution is 5.98. The molecule has 3 aromatic carbocycles. The first-order chi connectivity index (χ1) is 37.6. The normalized spacial score (nSPS) is 14.1. The summed E-state index contributed by atoms with van der Waals surface area (Å²) in [7, 11) is 2.94. The van der Waals surface area contributed by atoms with Gasteiger partial charge >= 0.3 is 18.2 Å². The smallest absolute Gasteiger partial charge is 0.419 e. The number of imidazole rings is 2. The number of hydrogen-bond acceptors (Lipinski definition) is 13. The maximum Gasteiger partial charge on any atom is 0.419 e. The zero-order chi connectivity index (χ0) is 58.5. The number of alkyl carbamates (subject to hydrolysis) is 1. The maximum absolute atomic E-state index is 15.4. The molecule has 3 aromatic heterocycles. The number of nitrogens with zero attached hydrogens (tertiary/aromatic N) is 5. The lowest BCUT2D eigenvalue weighted by atomic mass is 10.0. The van der Waals surface area contributed by atoms with Crippen LogP contribution in [0.15, 0.2) is 116 Å². The summed E-state index contributed by atoms with van der Waals surface area (Å²) in [5.41, 5.74) is 0.941. The summed E-state index contributed by atoms with van der Waals surface area (Å²) in [6.07, 6.45) is 4.86. The van der Waals surface area contributed by atoms with Gasteiger partial charge in [0.1, 0.15) is 41.4 Å². The summed E-state index contributed by atoms with van der Waals surface area (Å²) in [6.45, 7) is 17.6. The topological polar surface area (TPSA) is 257 Å². The van der Waals surface area contributed by atoms with Crippen molar-refractivity contribution in [2.75, 3.05) is 7.11 Å². The summed E-state index contributed by atoms with van der Waals surface area (Å²) >= 11 is 0. The largest absolute Gasteiger partial charge is 0.467 e. The van der Waals surface area contributed by atoms with E-state index < -0.39 is 94.9 Å². The van der Waals surface area contributed by atoms with Crippen molar-refractivity contribution >= 4 is 52.7 Å². The highest BCUT2D eigenvalue weighted by Gasteiger charge is 2.38. The standard InChI is InChI=1S/C59H76N10O11/c1-37(78-57(2,3)4)49(66-52(72)46(30-42-31-60-35-67(42)11)65-55(75)79-58(5,6)7)53(73)63-44(28-40-33-69(56(76)80-59(8,9)10)48-26-20-19-25-43(40)48)50(70)62-45(29-41-34-68(36-61-41)32-39-23-17-14-18-24-39)51(71)64-47(54(74)77-12)27-38-21-15-13-16-22-38/h13-26,31,33-37,44-47,49H,27-30,32H2,1-12H3,(H,62,70)(H,63,73)(H,64,71)(H,65,75)(H,66,72)/t37-,44+,45+,46+,47+,49-/m1/s1. The van der Waals surface area contributed by atoms with Gasteiger partial charge in [0, 0.05) is 68.9 Å². The van der Waals surface area contributed by atoms with Gasteiger partial charge in [-0.25, -0.2) is 24.4 Å². The van der Waals surface area contributed by atoms with E-state index in [9.17, 15) is 24.0 Å². The number of para-hydroxylation sites is 1. The Labute approximate surface area is 466 Å². The monoisotopic (exact) mass is 1100 g/mol. The molecular formula is C59H76N10O11. The number of fused-ring (bicyclic) bond motifs is 1. The van der Waals surface area contributed by atoms with Crippen molar-refractivity contribution in [3.63, 3.8) is 0 Å². The second kappa shape index (κ2) is 26.5. The molecule has 6 aromatic rings. The average molecular weight is 1100 g/mol. The zero-order valence-electron chi connectivity index (χ0n) is 47.7. The molecule has 5 N–H and O–H groups in total. The Morgan fingerprint density at radius 3 is 1.75 bits per heavy atom. The molecule has 21 nitrogen and oxygen atoms in total. The minimum Gasteiger partial charge on any atom is -0.467 e. The number of hydrogen-bond donors (Lipinski definition) is 5. The Hall–Kier alpha value is -8.33. The molecule has 0 spiro atoms. The molecule has 0 bridgehead atoms. The summed E-state index contributed by atoms with van der Waals surface area (Å²) in [5.74, 6) is -4.01. The lowest BCUT2D eigenvalue weighted by Gasteiger charge is -2.33. The van der Waals surface area contributed by atoms with Gasteiger partial charge in [-0.15, -0.1) is 0 Å². The van der Waals surface area contributed by atoms with E-state index >= 15 is 9.59 Å². The number of aromatic nitrogens is 5. The molecular weight excluding hydrogens is 1020 g/mol. The molecule has 0 saturated heterocycles. The number of carbonyl (C=O) groups excluding carboxylic acids is 7. The Bertz CT molecular complexity index is 3090. The summed E-state index contributed by atoms with van der Waals surface area (Å²) in [5, 5.41) is 14.5. The number of ether oxygens (including phenoxy) is 4. The van der Waals surface area contributed by atoms with Gasteiger partial charge in [-0.3, -0.25) is 23.7 Å². The van der Waals surface area contributed by atoms with Gasteiger partial charge in [-0.2, -0.15) is 0 Å². The van der Waals surface area contributed by atoms with E-state index in [1.54, 1.807) is 154 Å². The van der Waals surface area contributed by atoms with Gasteiger partial charge in [-0.05, 0) is 92.0 Å². The minimum atomic E-state index is -1.54. The van der Waals surface area contributed by atoms with Gasteiger partial charge in [-0.1, -0.05) is 78.9 Å². The van der Waals surface area contributed by atoms with Gasteiger partial charge in [0.2, 0.25) is 23.6 Å². The van der Waals surface area contributed by atoms with Crippen LogP contribution in [0.3, 0.4) is 0 Å². The number of benzene rings is 3. The van der Waals surface area contributed by atoms with Crippen molar-refractivity contribution in [3.8, 4) is 0 Å². The summed E-state index contributed by atoms with van der Waals surface area (Å²) in [6, 6.07) is 18.7. The van der Waals surface area contributed by atoms with Crippen LogP contribution >= 0.6 is 0 Å². The van der Waals surface area contributed by atoms with E-state index in [-0.39, 0.29) is 25.7 Å². The maximum atomic E-state index is 15.4. The SMILES string of the molecule is COC(=O)[C@H](Cc1ccccc1)NC(=O)[C@H](Cc1cn(Cc2ccccc2)cn1)NC(=O)[C@H](Cc1cn(C(=O)OC(C)(C)C)c2ccccc12)NC(=O)[C@H](NC(=O)[C@H](Cc1cncn1C)NC(=O)OC(C)(C)C)[C@@H](C)OC(C)(C)C. The summed E-state index contributed by atoms with van der Waals surface area (Å²) < 4.78 is 27.6. The second-order valence-corrected chi connectivity index (χ2v) is 22.7. The summed E-state index contributed by atoms with van der Waals surface area (Å²) in [4.78, 5) is 109. The van der Waals surface area contributed by atoms with E-state index in [1.807, 2.05) is 41.0 Å². The molecule has 0 radical (unpaired) electrons. The van der Waals surface area contributed by atoms with Crippen LogP contribution in [0.4, 0.5) is 9.59 Å². The molecule has 0 unspecified atom stereocenters. The fraction of sp³-hybridized carbons (Fsp3) is 0.441. The molecule has 0 fully saturated rings. The van der Waals surface area contributed by atoms with Crippen molar-refractivity contribution in [2.45, 2.75) is 155 Å². The van der Waals surface area contributed by atoms with E-state index in [1.165, 1.54) is 17.9 Å². The average Bonchev–Trinajstić information content (AvgIpc) is 4.12. The molecule has 5 amide bonds. The van der Waals surface area contributed by atoms with Crippen LogP contribution in [0.2, 0.25) is 0 Å². The highest BCUT2D eigenvalue weighted by Crippen LogP contribution is 2.25. The lowest BCUT2D eigenvalue weighted by Crippen LogP contribution is -2.62. The fourth-order valence-corrected chi connectivity index (χ4v) is 8.83. The Morgan fingerprint density at radius 1 is 0.588 bits per heavy atom. The molecule has 6 rings (SSSR count). The Morgan fingerprint density at radius 2 is 1.15 bits per heavy atom. The van der Waals surface area contributed by atoms with Crippen LogP contribution in [0.1, 0.15) is 97.3 Å². The number of aryl methyl sites for hydroxylation is 1. The number of rotatable bonds is 22. The van der Waals surface area contributed by atoms with Crippen molar-refractivity contribution in [1.82, 2.24) is 50.3 Å². The molecule has 21 heteroatoms. The van der Waals surface area contributed by atoms with E-state index in [4.69, 9.17) is 18.9 Å². The van der Waals surface area contributed by atoms with E-state index in [0.29, 0.717) is 34.4 Å². The first-order valence-electron chi connectivity index (χ1n) is 26.5. The molecule has 0 saturated carbocycles. The molecule has 80 heavy (non-hydrogen) atoms. The van der Waals surface area contributed by atoms with E-state index in [0.717, 1.165) is 11.1 Å². The number of carbonyl (C=O) groups is 7. The Balaban J connectivity index is 1.41. The van der Waals surface area contributed by atoms with Crippen LogP contribution in [-0.2, 0) is 82.2 Å². The van der Waals surface area contributed by atoms with Gasteiger partial charge in [0.25, 0.3) is 0 Å². The predicted octanol–water partition coefficient (Wildman–Crippen LogP) is 5.88. The predicted molar refractivity (Wildman–Crippen MR) is 299 cm³/mol. The lowest BCUT2D eigenvalue weighted by molar-refractivity contribution is -0.145. The van der Waals surface area contributed by atoms with Crippen molar-refractivity contribution in [1.29, 1.82) is 0 Å². The first-order valence-corrected chi connectivity index (χ1v) is 26.5. The van der Waals surface area contributed by atoms with E-state index in [2.05, 4.69) is 36.6 Å². The minimum absolute atomic E-state index is 0.0597. The Kier molecular flexibility index (Phi) is 20.2. The quantitative estimate of drug-likeness (QED) is 0.0394. The van der Waals surface area contributed by atoms with Crippen molar-refractivity contribution < 1.29 is 52.5 Å². The highest BCUT2D eigenvalue weighted by atomic mass is 16.6. The van der Waals surface area contributed by atoms with Crippen LogP contribution in [-0.4, -0.2) is 126 Å². The van der Waals surface area contributed by atoms with Crippen LogP contribution in [0, 0.1) is 0 Å². The molecule has 0 aliphatic rings. The third kappa shape index (κ3) is 18.1. The third-order valence-corrected chi connectivity index (χ3v) is 12.4. The molecule has 3 heterocycles. The first kappa shape index (κ1) is 60.9. The fourth-order valence-electron chi connectivity index (χ4n) is 8.83. The van der Waals surface area contributed by atoms with Crippen LogP contribution < -0.4 is 26.6 Å². The van der Waals surface area contributed by atoms with Gasteiger partial charge in [0.15, 0.2) is 0 Å². The molecule has 0 aliphatic carbocycles. The number of methoxy groups -OCH3 is 1. The molecule has 428 valence electrons. The number of nitrogens with one attached hydrogen (secondary N) is 5. The van der Waals surface area contributed by atoms with Crippen molar-refractivity contribution in [2.24, 2.45) is 7.05 Å². The van der Waals surface area contributed by atoms with Crippen LogP contribution in [0.5, 0.6) is 0 Å². The van der Waals surface area contributed by atoms with Gasteiger partial charge in [0.05, 0.1) is 42.7 Å². The molecule has 6 atom stereocenters. The van der Waals surface area contributed by atoms with Crippen LogP contribution in [0.25, 0.3) is 10.9 Å². The third-order valence-electron chi connectivity index (χ3n) is 12.4. The van der Waals surface area contributed by atoms with Gasteiger partial charge < -0.3 is 54.7 Å². The number of esters is 1. The zero-order valence-corrected chi connectivity index (χ0v) is 47.7. The molecule has 0 aliphatic heterocycles. The number of amides is 5.